The van der Waals surface area contributed by atoms with E-state index in [0.29, 0.717) is 49.5 Å². The highest BCUT2D eigenvalue weighted by Crippen LogP contribution is 2.22. The van der Waals surface area contributed by atoms with Gasteiger partial charge in [-0.3, -0.25) is 4.90 Å². The lowest BCUT2D eigenvalue weighted by molar-refractivity contribution is 0.163. The van der Waals surface area contributed by atoms with Crippen LogP contribution in [0, 0.1) is 0 Å². The van der Waals surface area contributed by atoms with Gasteiger partial charge in [-0.2, -0.15) is 9.29 Å². The first-order valence-corrected chi connectivity index (χ1v) is 11.6. The predicted molar refractivity (Wildman–Crippen MR) is 113 cm³/mol. The molecule has 0 bridgehead atoms. The van der Waals surface area contributed by atoms with Crippen LogP contribution in [0.15, 0.2) is 62.4 Å². The SMILES string of the molecule is O=S(=O)(c1ccc(Cl)cc1)N1CCN(Cc2nc(-c3cccc(Br)c3)no2)CC1. The second-order valence-corrected chi connectivity index (χ2v) is 9.95. The van der Waals surface area contributed by atoms with Crippen molar-refractivity contribution in [3.05, 3.63) is 63.9 Å². The highest BCUT2D eigenvalue weighted by Gasteiger charge is 2.29. The van der Waals surface area contributed by atoms with E-state index in [9.17, 15) is 8.42 Å². The van der Waals surface area contributed by atoms with E-state index in [1.54, 1.807) is 12.1 Å². The van der Waals surface area contributed by atoms with Crippen LogP contribution in [0.25, 0.3) is 11.4 Å². The maximum absolute atomic E-state index is 12.8. The van der Waals surface area contributed by atoms with Crippen molar-refractivity contribution in [2.75, 3.05) is 26.2 Å². The number of sulfonamides is 1. The van der Waals surface area contributed by atoms with Crippen LogP contribution in [0.5, 0.6) is 0 Å². The van der Waals surface area contributed by atoms with E-state index < -0.39 is 10.0 Å². The van der Waals surface area contributed by atoms with E-state index in [1.165, 1.54) is 16.4 Å². The number of aromatic nitrogens is 2. The molecule has 0 aliphatic carbocycles. The molecule has 0 atom stereocenters. The van der Waals surface area contributed by atoms with Crippen LogP contribution in [0.1, 0.15) is 5.89 Å². The van der Waals surface area contributed by atoms with Gasteiger partial charge in [0.2, 0.25) is 21.7 Å². The Morgan fingerprint density at radius 3 is 2.48 bits per heavy atom. The van der Waals surface area contributed by atoms with Gasteiger partial charge in [0.15, 0.2) is 0 Å². The van der Waals surface area contributed by atoms with Crippen LogP contribution in [-0.2, 0) is 16.6 Å². The molecule has 1 saturated heterocycles. The van der Waals surface area contributed by atoms with Crippen molar-refractivity contribution >= 4 is 37.6 Å². The highest BCUT2D eigenvalue weighted by molar-refractivity contribution is 9.10. The molecule has 2 heterocycles. The fraction of sp³-hybridized carbons (Fsp3) is 0.263. The molecule has 7 nitrogen and oxygen atoms in total. The van der Waals surface area contributed by atoms with Gasteiger partial charge >= 0.3 is 0 Å². The van der Waals surface area contributed by atoms with E-state index in [1.807, 2.05) is 24.3 Å². The summed E-state index contributed by atoms with van der Waals surface area (Å²) in [5.41, 5.74) is 0.869. The molecule has 0 saturated carbocycles. The van der Waals surface area contributed by atoms with Crippen molar-refractivity contribution in [2.24, 2.45) is 0 Å². The van der Waals surface area contributed by atoms with Gasteiger partial charge in [-0.25, -0.2) is 8.42 Å². The summed E-state index contributed by atoms with van der Waals surface area (Å²) >= 11 is 9.29. The van der Waals surface area contributed by atoms with E-state index in [0.717, 1.165) is 10.0 Å². The minimum Gasteiger partial charge on any atom is -0.338 e. The number of piperazine rings is 1. The first-order valence-electron chi connectivity index (χ1n) is 8.98. The summed E-state index contributed by atoms with van der Waals surface area (Å²) in [6.07, 6.45) is 0. The second-order valence-electron chi connectivity index (χ2n) is 6.66. The average Bonchev–Trinajstić information content (AvgIpc) is 3.17. The third kappa shape index (κ3) is 4.70. The Morgan fingerprint density at radius 2 is 1.79 bits per heavy atom. The number of halogens is 2. The standard InChI is InChI=1S/C19H18BrClN4O3S/c20-15-3-1-2-14(12-15)19-22-18(28-23-19)13-24-8-10-25(11-9-24)29(26,27)17-6-4-16(21)5-7-17/h1-7,12H,8-11,13H2. The Bertz CT molecular complexity index is 1100. The van der Waals surface area contributed by atoms with Crippen LogP contribution >= 0.6 is 27.5 Å². The minimum absolute atomic E-state index is 0.255. The molecule has 10 heteroatoms. The topological polar surface area (TPSA) is 79.5 Å². The fourth-order valence-electron chi connectivity index (χ4n) is 3.14. The Balaban J connectivity index is 1.37. The summed E-state index contributed by atoms with van der Waals surface area (Å²) in [6.45, 7) is 2.45. The molecular weight excluding hydrogens is 480 g/mol. The Morgan fingerprint density at radius 1 is 1.07 bits per heavy atom. The van der Waals surface area contributed by atoms with Crippen molar-refractivity contribution < 1.29 is 12.9 Å². The monoisotopic (exact) mass is 496 g/mol. The van der Waals surface area contributed by atoms with E-state index in [4.69, 9.17) is 16.1 Å². The molecule has 2 aromatic carbocycles. The lowest BCUT2D eigenvalue weighted by Crippen LogP contribution is -2.48. The fourth-order valence-corrected chi connectivity index (χ4v) is 5.09. The van der Waals surface area contributed by atoms with Gasteiger partial charge in [0.1, 0.15) is 0 Å². The van der Waals surface area contributed by atoms with Crippen molar-refractivity contribution in [1.29, 1.82) is 0 Å². The van der Waals surface area contributed by atoms with Crippen LogP contribution < -0.4 is 0 Å². The van der Waals surface area contributed by atoms with Crippen LogP contribution in [0.4, 0.5) is 0 Å². The molecule has 3 aromatic rings. The molecule has 4 rings (SSSR count). The van der Waals surface area contributed by atoms with Crippen molar-refractivity contribution in [2.45, 2.75) is 11.4 Å². The molecule has 1 fully saturated rings. The Hall–Kier alpha value is -1.78. The molecule has 29 heavy (non-hydrogen) atoms. The zero-order valence-electron chi connectivity index (χ0n) is 15.3. The van der Waals surface area contributed by atoms with Gasteiger partial charge in [0, 0.05) is 41.2 Å². The van der Waals surface area contributed by atoms with Crippen LogP contribution in [0.3, 0.4) is 0 Å². The number of rotatable bonds is 5. The molecule has 0 radical (unpaired) electrons. The summed E-state index contributed by atoms with van der Waals surface area (Å²) < 4.78 is 33.4. The second kappa shape index (κ2) is 8.53. The number of benzene rings is 2. The maximum Gasteiger partial charge on any atom is 0.243 e. The predicted octanol–water partition coefficient (Wildman–Crippen LogP) is 3.66. The summed E-state index contributed by atoms with van der Waals surface area (Å²) in [5, 5.41) is 4.55. The number of hydrogen-bond acceptors (Lipinski definition) is 6. The molecule has 0 spiro atoms. The van der Waals surface area contributed by atoms with Crippen LogP contribution in [-0.4, -0.2) is 53.9 Å². The molecule has 152 valence electrons. The largest absolute Gasteiger partial charge is 0.338 e. The lowest BCUT2D eigenvalue weighted by Gasteiger charge is -2.33. The van der Waals surface area contributed by atoms with Crippen molar-refractivity contribution in [3.8, 4) is 11.4 Å². The molecule has 0 N–H and O–H groups in total. The zero-order chi connectivity index (χ0) is 20.4. The van der Waals surface area contributed by atoms with Crippen molar-refractivity contribution in [1.82, 2.24) is 19.3 Å². The molecular formula is C19H18BrClN4O3S. The van der Waals surface area contributed by atoms with Gasteiger partial charge in [0.25, 0.3) is 0 Å². The molecule has 1 aromatic heterocycles. The van der Waals surface area contributed by atoms with Gasteiger partial charge in [-0.1, -0.05) is 44.8 Å². The Labute approximate surface area is 182 Å². The van der Waals surface area contributed by atoms with Crippen LogP contribution in [0.2, 0.25) is 5.02 Å². The molecule has 1 aliphatic heterocycles. The third-order valence-corrected chi connectivity index (χ3v) is 7.35. The quantitative estimate of drug-likeness (QED) is 0.535. The number of hydrogen-bond donors (Lipinski definition) is 0. The van der Waals surface area contributed by atoms with E-state index in [-0.39, 0.29) is 4.90 Å². The van der Waals surface area contributed by atoms with Gasteiger partial charge in [-0.15, -0.1) is 0 Å². The summed E-state index contributed by atoms with van der Waals surface area (Å²) in [7, 11) is -3.52. The van der Waals surface area contributed by atoms with Crippen molar-refractivity contribution in [3.63, 3.8) is 0 Å². The Kier molecular flexibility index (Phi) is 6.03. The van der Waals surface area contributed by atoms with Gasteiger partial charge in [-0.05, 0) is 36.4 Å². The normalized spacial score (nSPS) is 16.2. The number of nitrogens with zero attached hydrogens (tertiary/aromatic N) is 4. The lowest BCUT2D eigenvalue weighted by atomic mass is 10.2. The minimum atomic E-state index is -3.52. The molecule has 0 amide bonds. The summed E-state index contributed by atoms with van der Waals surface area (Å²) in [6, 6.07) is 13.9. The van der Waals surface area contributed by atoms with E-state index >= 15 is 0 Å². The highest BCUT2D eigenvalue weighted by atomic mass is 79.9. The van der Waals surface area contributed by atoms with E-state index in [2.05, 4.69) is 31.0 Å². The zero-order valence-corrected chi connectivity index (χ0v) is 18.5. The van der Waals surface area contributed by atoms with Gasteiger partial charge < -0.3 is 4.52 Å². The summed E-state index contributed by atoms with van der Waals surface area (Å²) in [5.74, 6) is 1.04. The average molecular weight is 498 g/mol. The molecule has 1 aliphatic rings. The maximum atomic E-state index is 12.8. The molecule has 0 unspecified atom stereocenters. The van der Waals surface area contributed by atoms with Gasteiger partial charge in [0.05, 0.1) is 11.4 Å². The smallest absolute Gasteiger partial charge is 0.243 e. The summed E-state index contributed by atoms with van der Waals surface area (Å²) in [4.78, 5) is 6.81. The first-order chi connectivity index (χ1) is 13.9. The third-order valence-electron chi connectivity index (χ3n) is 4.69. The first kappa shape index (κ1) is 20.5.